The fourth-order valence-corrected chi connectivity index (χ4v) is 4.53. The molecule has 0 bridgehead atoms. The molecule has 2 heterocycles. The number of carbonyl (C=O) groups excluding carboxylic acids is 1. The van der Waals surface area contributed by atoms with Crippen molar-refractivity contribution in [3.8, 4) is 0 Å². The van der Waals surface area contributed by atoms with Gasteiger partial charge in [-0.25, -0.2) is 4.98 Å². The number of nitrogens with one attached hydrogen (secondary N) is 1. The van der Waals surface area contributed by atoms with E-state index in [2.05, 4.69) is 42.2 Å². The molecule has 0 aliphatic carbocycles. The summed E-state index contributed by atoms with van der Waals surface area (Å²) in [7, 11) is 0. The minimum absolute atomic E-state index is 0.0797. The predicted octanol–water partition coefficient (Wildman–Crippen LogP) is 2.05. The van der Waals surface area contributed by atoms with Crippen molar-refractivity contribution >= 4 is 27.5 Å². The van der Waals surface area contributed by atoms with Crippen molar-refractivity contribution < 1.29 is 14.4 Å². The summed E-state index contributed by atoms with van der Waals surface area (Å²) >= 11 is 1.62. The molecule has 0 spiro atoms. The van der Waals surface area contributed by atoms with Gasteiger partial charge in [0.15, 0.2) is 0 Å². The fraction of sp³-hybridized carbons (Fsp3) is 0.364. The van der Waals surface area contributed by atoms with Crippen LogP contribution in [-0.4, -0.2) is 48.6 Å². The minimum atomic E-state index is 0.0797. The summed E-state index contributed by atoms with van der Waals surface area (Å²) in [6.07, 6.45) is 0. The number of para-hydroxylation sites is 1. The highest BCUT2D eigenvalue weighted by Gasteiger charge is 2.24. The zero-order valence-electron chi connectivity index (χ0n) is 16.2. The third-order valence-corrected chi connectivity index (χ3v) is 6.32. The average Bonchev–Trinajstić information content (AvgIpc) is 3.13. The molecule has 0 unspecified atom stereocenters. The Morgan fingerprint density at radius 3 is 2.68 bits per heavy atom. The molecule has 1 saturated heterocycles. The van der Waals surface area contributed by atoms with E-state index in [1.807, 2.05) is 23.1 Å². The zero-order chi connectivity index (χ0) is 19.3. The standard InChI is InChI=1S/C22H25N3O2S/c1-17-6-2-3-7-18(17)14-24-10-12-25(13-11-24)22(26)16-27-15-21-23-19-8-4-5-9-20(19)28-21/h2-9H,10-16H2,1H3/p+1. The molecule has 1 fully saturated rings. The number of piperazine rings is 1. The molecular formula is C22H26N3O2S+. The summed E-state index contributed by atoms with van der Waals surface area (Å²) in [6, 6.07) is 16.6. The van der Waals surface area contributed by atoms with Gasteiger partial charge in [-0.05, 0) is 24.6 Å². The molecule has 1 aliphatic heterocycles. The Bertz CT molecular complexity index is 915. The van der Waals surface area contributed by atoms with Crippen LogP contribution in [0.5, 0.6) is 0 Å². The molecule has 0 radical (unpaired) electrons. The molecule has 146 valence electrons. The first kappa shape index (κ1) is 19.1. The van der Waals surface area contributed by atoms with E-state index in [1.165, 1.54) is 16.0 Å². The molecule has 1 amide bonds. The molecule has 1 aromatic heterocycles. The van der Waals surface area contributed by atoms with E-state index in [9.17, 15) is 4.79 Å². The number of fused-ring (bicyclic) bond motifs is 1. The lowest BCUT2D eigenvalue weighted by atomic mass is 10.1. The van der Waals surface area contributed by atoms with Crippen LogP contribution in [0.25, 0.3) is 10.2 Å². The SMILES string of the molecule is Cc1ccccc1C[NH+]1CCN(C(=O)COCc2nc3ccccc3s2)CC1. The number of nitrogens with zero attached hydrogens (tertiary/aromatic N) is 2. The summed E-state index contributed by atoms with van der Waals surface area (Å²) in [5.41, 5.74) is 3.73. The Morgan fingerprint density at radius 1 is 1.14 bits per heavy atom. The second kappa shape index (κ2) is 8.82. The Hall–Kier alpha value is -2.28. The van der Waals surface area contributed by atoms with Crippen molar-refractivity contribution in [3.05, 3.63) is 64.7 Å². The van der Waals surface area contributed by atoms with E-state index in [-0.39, 0.29) is 12.5 Å². The first-order valence-corrected chi connectivity index (χ1v) is 10.6. The van der Waals surface area contributed by atoms with Crippen molar-refractivity contribution in [2.75, 3.05) is 32.8 Å². The number of aryl methyl sites for hydroxylation is 1. The van der Waals surface area contributed by atoms with E-state index in [0.717, 1.165) is 47.9 Å². The van der Waals surface area contributed by atoms with Crippen LogP contribution in [-0.2, 0) is 22.7 Å². The van der Waals surface area contributed by atoms with Gasteiger partial charge >= 0.3 is 0 Å². The van der Waals surface area contributed by atoms with Crippen molar-refractivity contribution in [2.45, 2.75) is 20.1 Å². The lowest BCUT2D eigenvalue weighted by Gasteiger charge is -2.32. The summed E-state index contributed by atoms with van der Waals surface area (Å²) < 4.78 is 6.81. The summed E-state index contributed by atoms with van der Waals surface area (Å²) in [6.45, 7) is 7.28. The van der Waals surface area contributed by atoms with E-state index in [0.29, 0.717) is 6.61 Å². The Labute approximate surface area is 169 Å². The first-order chi connectivity index (χ1) is 13.7. The van der Waals surface area contributed by atoms with Gasteiger partial charge in [0.2, 0.25) is 5.91 Å². The normalized spacial score (nSPS) is 15.2. The second-order valence-corrected chi connectivity index (χ2v) is 8.42. The number of hydrogen-bond acceptors (Lipinski definition) is 4. The molecule has 0 saturated carbocycles. The highest BCUT2D eigenvalue weighted by atomic mass is 32.1. The van der Waals surface area contributed by atoms with E-state index in [1.54, 1.807) is 11.3 Å². The number of rotatable bonds is 6. The average molecular weight is 397 g/mol. The predicted molar refractivity (Wildman–Crippen MR) is 111 cm³/mol. The van der Waals surface area contributed by atoms with Gasteiger partial charge in [0.1, 0.15) is 18.2 Å². The fourth-order valence-electron chi connectivity index (χ4n) is 3.63. The van der Waals surface area contributed by atoms with Crippen molar-refractivity contribution in [1.29, 1.82) is 0 Å². The summed E-state index contributed by atoms with van der Waals surface area (Å²) in [5.74, 6) is 0.0797. The Kier molecular flexibility index (Phi) is 6.00. The molecule has 1 aliphatic rings. The van der Waals surface area contributed by atoms with Crippen LogP contribution >= 0.6 is 11.3 Å². The number of benzene rings is 2. The van der Waals surface area contributed by atoms with Gasteiger partial charge in [-0.3, -0.25) is 4.79 Å². The topological polar surface area (TPSA) is 46.9 Å². The molecule has 0 atom stereocenters. The summed E-state index contributed by atoms with van der Waals surface area (Å²) in [5, 5.41) is 0.918. The van der Waals surface area contributed by atoms with Crippen LogP contribution in [0.15, 0.2) is 48.5 Å². The van der Waals surface area contributed by atoms with E-state index < -0.39 is 0 Å². The van der Waals surface area contributed by atoms with E-state index >= 15 is 0 Å². The number of carbonyl (C=O) groups is 1. The third-order valence-electron chi connectivity index (χ3n) is 5.31. The van der Waals surface area contributed by atoms with Gasteiger partial charge in [0.05, 0.1) is 43.0 Å². The van der Waals surface area contributed by atoms with E-state index in [4.69, 9.17) is 4.74 Å². The van der Waals surface area contributed by atoms with Gasteiger partial charge < -0.3 is 14.5 Å². The van der Waals surface area contributed by atoms with Crippen LogP contribution in [0.3, 0.4) is 0 Å². The molecule has 28 heavy (non-hydrogen) atoms. The lowest BCUT2D eigenvalue weighted by Crippen LogP contribution is -3.13. The molecule has 1 N–H and O–H groups in total. The number of quaternary nitrogens is 1. The quantitative estimate of drug-likeness (QED) is 0.694. The maximum atomic E-state index is 12.5. The number of aromatic nitrogens is 1. The first-order valence-electron chi connectivity index (χ1n) is 9.77. The highest BCUT2D eigenvalue weighted by molar-refractivity contribution is 7.18. The number of thiazole rings is 1. The second-order valence-electron chi connectivity index (χ2n) is 7.30. The molecule has 6 heteroatoms. The van der Waals surface area contributed by atoms with Crippen LogP contribution in [0.4, 0.5) is 0 Å². The van der Waals surface area contributed by atoms with Gasteiger partial charge in [-0.15, -0.1) is 11.3 Å². The summed E-state index contributed by atoms with van der Waals surface area (Å²) in [4.78, 5) is 20.5. The molecule has 5 nitrogen and oxygen atoms in total. The van der Waals surface area contributed by atoms with Crippen LogP contribution in [0, 0.1) is 6.92 Å². The van der Waals surface area contributed by atoms with Crippen molar-refractivity contribution in [2.24, 2.45) is 0 Å². The highest BCUT2D eigenvalue weighted by Crippen LogP contribution is 2.21. The zero-order valence-corrected chi connectivity index (χ0v) is 17.0. The largest absolute Gasteiger partial charge is 0.364 e. The Balaban J connectivity index is 1.21. The van der Waals surface area contributed by atoms with Crippen LogP contribution in [0.2, 0.25) is 0 Å². The number of amides is 1. The van der Waals surface area contributed by atoms with Gasteiger partial charge in [0.25, 0.3) is 0 Å². The van der Waals surface area contributed by atoms with Gasteiger partial charge in [-0.1, -0.05) is 36.4 Å². The maximum absolute atomic E-state index is 12.5. The van der Waals surface area contributed by atoms with Crippen molar-refractivity contribution in [1.82, 2.24) is 9.88 Å². The molecule has 3 aromatic rings. The molecule has 2 aromatic carbocycles. The monoisotopic (exact) mass is 396 g/mol. The maximum Gasteiger partial charge on any atom is 0.248 e. The third kappa shape index (κ3) is 4.58. The van der Waals surface area contributed by atoms with Crippen LogP contribution in [0.1, 0.15) is 16.1 Å². The van der Waals surface area contributed by atoms with Crippen LogP contribution < -0.4 is 4.90 Å². The molecular weight excluding hydrogens is 370 g/mol. The number of hydrogen-bond donors (Lipinski definition) is 1. The smallest absolute Gasteiger partial charge is 0.248 e. The number of ether oxygens (including phenoxy) is 1. The van der Waals surface area contributed by atoms with Crippen molar-refractivity contribution in [3.63, 3.8) is 0 Å². The van der Waals surface area contributed by atoms with Gasteiger partial charge in [-0.2, -0.15) is 0 Å². The molecule has 4 rings (SSSR count). The lowest BCUT2D eigenvalue weighted by molar-refractivity contribution is -0.917. The minimum Gasteiger partial charge on any atom is -0.364 e. The Morgan fingerprint density at radius 2 is 1.89 bits per heavy atom. The van der Waals surface area contributed by atoms with Gasteiger partial charge in [0, 0.05) is 5.56 Å².